The maximum Gasteiger partial charge on any atom is 0.636 e. The minimum absolute atomic E-state index is 1.28. The van der Waals surface area contributed by atoms with Gasteiger partial charge in [-0.05, 0) is 65.5 Å². The predicted octanol–water partition coefficient (Wildman–Crippen LogP) is 3.13. The second kappa shape index (κ2) is 7.27. The summed E-state index contributed by atoms with van der Waals surface area (Å²) >= 11 is 0. The average Bonchev–Trinajstić information content (AvgIpc) is 1.89. The van der Waals surface area contributed by atoms with E-state index in [1.807, 2.05) is 0 Å². The van der Waals surface area contributed by atoms with Crippen molar-refractivity contribution >= 4 is 43.8 Å². The van der Waals surface area contributed by atoms with Crippen molar-refractivity contribution in [3.05, 3.63) is 0 Å². The van der Waals surface area contributed by atoms with E-state index in [2.05, 4.69) is 65.5 Å². The van der Waals surface area contributed by atoms with Crippen LogP contribution < -0.4 is 0 Å². The fourth-order valence-electron chi connectivity index (χ4n) is 1.47. The van der Waals surface area contributed by atoms with Crippen molar-refractivity contribution in [1.29, 1.82) is 0 Å². The summed E-state index contributed by atoms with van der Waals surface area (Å²) in [5.41, 5.74) is 0. The molecule has 4 nitrogen and oxygen atoms in total. The fourth-order valence-corrected chi connectivity index (χ4v) is 15.9. The highest BCUT2D eigenvalue weighted by Gasteiger charge is 2.51. The van der Waals surface area contributed by atoms with Gasteiger partial charge in [0.05, 0.1) is 0 Å². The zero-order valence-corrected chi connectivity index (χ0v) is 19.6. The molecule has 0 N–H and O–H groups in total. The van der Waals surface area contributed by atoms with Gasteiger partial charge in [0, 0.05) is 0 Å². The lowest BCUT2D eigenvalue weighted by Crippen LogP contribution is -2.61. The first kappa shape index (κ1) is 19.9. The minimum Gasteiger partial charge on any atom is -0.399 e. The molecule has 0 aliphatic carbocycles. The number of rotatable bonds is 8. The quantitative estimate of drug-likeness (QED) is 0.626. The topological polar surface area (TPSA) is 36.9 Å². The Labute approximate surface area is 126 Å². The van der Waals surface area contributed by atoms with Gasteiger partial charge in [-0.25, -0.2) is 0 Å². The van der Waals surface area contributed by atoms with Crippen LogP contribution in [0.15, 0.2) is 0 Å². The standard InChI is InChI=1S/C10H32O4Si5/c1-15(2)11-19(12-16(3)4,13-17(5,6)7)14-18(8,9)10/h15-16H,1-10H3. The molecular weight excluding hydrogens is 325 g/mol. The van der Waals surface area contributed by atoms with E-state index >= 15 is 0 Å². The highest BCUT2D eigenvalue weighted by atomic mass is 28.5. The Hall–Kier alpha value is 0.924. The van der Waals surface area contributed by atoms with E-state index in [1.54, 1.807) is 0 Å². The summed E-state index contributed by atoms with van der Waals surface area (Å²) in [7, 11) is -9.05. The van der Waals surface area contributed by atoms with E-state index in [4.69, 9.17) is 16.5 Å². The molecule has 0 saturated carbocycles. The molecule has 0 bridgehead atoms. The lowest BCUT2D eigenvalue weighted by Gasteiger charge is -2.40. The molecule has 0 heterocycles. The molecule has 0 aliphatic rings. The van der Waals surface area contributed by atoms with Gasteiger partial charge < -0.3 is 16.5 Å². The summed E-state index contributed by atoms with van der Waals surface area (Å²) in [4.78, 5) is 0. The van der Waals surface area contributed by atoms with Gasteiger partial charge in [-0.15, -0.1) is 0 Å². The van der Waals surface area contributed by atoms with Gasteiger partial charge in [0.15, 0.2) is 34.7 Å². The maximum atomic E-state index is 6.34. The summed E-state index contributed by atoms with van der Waals surface area (Å²) in [6.45, 7) is 21.6. The minimum atomic E-state index is -2.95. The molecule has 0 unspecified atom stereocenters. The van der Waals surface area contributed by atoms with E-state index in [1.165, 1.54) is 0 Å². The first-order valence-corrected chi connectivity index (χ1v) is 21.0. The van der Waals surface area contributed by atoms with Gasteiger partial charge >= 0.3 is 9.05 Å². The van der Waals surface area contributed by atoms with Gasteiger partial charge in [0.1, 0.15) is 0 Å². The van der Waals surface area contributed by atoms with Crippen molar-refractivity contribution in [3.63, 3.8) is 0 Å². The average molecular weight is 357 g/mol. The molecule has 0 aromatic heterocycles. The Morgan fingerprint density at radius 2 is 0.842 bits per heavy atom. The van der Waals surface area contributed by atoms with Gasteiger partial charge in [0.2, 0.25) is 0 Å². The third kappa shape index (κ3) is 10.3. The van der Waals surface area contributed by atoms with Gasteiger partial charge in [-0.3, -0.25) is 0 Å². The molecule has 0 aliphatic heterocycles. The van der Waals surface area contributed by atoms with Crippen LogP contribution in [0.2, 0.25) is 65.5 Å². The molecule has 0 fully saturated rings. The van der Waals surface area contributed by atoms with Crippen LogP contribution >= 0.6 is 0 Å². The molecule has 0 rings (SSSR count). The van der Waals surface area contributed by atoms with Crippen molar-refractivity contribution in [2.24, 2.45) is 0 Å². The lowest BCUT2D eigenvalue weighted by atomic mass is 11.8. The molecule has 0 amide bonds. The summed E-state index contributed by atoms with van der Waals surface area (Å²) in [5.74, 6) is 0. The largest absolute Gasteiger partial charge is 0.636 e. The van der Waals surface area contributed by atoms with Gasteiger partial charge in [-0.2, -0.15) is 0 Å². The van der Waals surface area contributed by atoms with Crippen molar-refractivity contribution in [3.8, 4) is 0 Å². The second-order valence-electron chi connectivity index (χ2n) is 7.26. The smallest absolute Gasteiger partial charge is 0.399 e. The second-order valence-corrected chi connectivity index (χ2v) is 24.4. The van der Waals surface area contributed by atoms with Crippen molar-refractivity contribution < 1.29 is 16.5 Å². The van der Waals surface area contributed by atoms with E-state index in [0.29, 0.717) is 0 Å². The SMILES string of the molecule is C[SiH](C)O[Si](O[SiH](C)C)(O[Si](C)(C)C)O[Si](C)(C)C. The van der Waals surface area contributed by atoms with Crippen molar-refractivity contribution in [1.82, 2.24) is 0 Å². The third-order valence-corrected chi connectivity index (χ3v) is 14.6. The Bertz CT molecular complexity index is 244. The van der Waals surface area contributed by atoms with Crippen LogP contribution in [0.4, 0.5) is 0 Å². The maximum absolute atomic E-state index is 6.34. The van der Waals surface area contributed by atoms with Crippen LogP contribution in [0.1, 0.15) is 0 Å². The van der Waals surface area contributed by atoms with Crippen LogP contribution in [-0.4, -0.2) is 43.8 Å². The summed E-state index contributed by atoms with van der Waals surface area (Å²) in [6.07, 6.45) is 0. The lowest BCUT2D eigenvalue weighted by molar-refractivity contribution is 0.156. The first-order chi connectivity index (χ1) is 8.25. The Morgan fingerprint density at radius 3 is 1.00 bits per heavy atom. The molecule has 0 aromatic carbocycles. The fraction of sp³-hybridized carbons (Fsp3) is 1.00. The third-order valence-electron chi connectivity index (χ3n) is 1.62. The zero-order chi connectivity index (χ0) is 15.5. The van der Waals surface area contributed by atoms with E-state index < -0.39 is 43.8 Å². The van der Waals surface area contributed by atoms with Crippen LogP contribution in [-0.2, 0) is 16.5 Å². The van der Waals surface area contributed by atoms with Gasteiger partial charge in [0.25, 0.3) is 0 Å². The first-order valence-electron chi connectivity index (χ1n) is 7.01. The molecule has 0 saturated heterocycles. The number of hydrogen-bond acceptors (Lipinski definition) is 4. The Morgan fingerprint density at radius 1 is 0.579 bits per heavy atom. The van der Waals surface area contributed by atoms with Crippen LogP contribution in [0.25, 0.3) is 0 Å². The molecule has 0 radical (unpaired) electrons. The van der Waals surface area contributed by atoms with E-state index in [0.717, 1.165) is 0 Å². The van der Waals surface area contributed by atoms with Crippen LogP contribution in [0, 0.1) is 0 Å². The Balaban J connectivity index is 5.31. The molecule has 0 atom stereocenters. The molecule has 19 heavy (non-hydrogen) atoms. The molecule has 116 valence electrons. The predicted molar refractivity (Wildman–Crippen MR) is 94.5 cm³/mol. The van der Waals surface area contributed by atoms with Crippen molar-refractivity contribution in [2.45, 2.75) is 65.5 Å². The zero-order valence-electron chi connectivity index (χ0n) is 14.3. The van der Waals surface area contributed by atoms with Crippen LogP contribution in [0.3, 0.4) is 0 Å². The summed E-state index contributed by atoms with van der Waals surface area (Å²) < 4.78 is 25.1. The van der Waals surface area contributed by atoms with E-state index in [-0.39, 0.29) is 0 Å². The molecular formula is C10H32O4Si5. The monoisotopic (exact) mass is 356 g/mol. The van der Waals surface area contributed by atoms with E-state index in [9.17, 15) is 0 Å². The highest BCUT2D eigenvalue weighted by Crippen LogP contribution is 2.24. The number of hydrogen-bond donors (Lipinski definition) is 0. The Kier molecular flexibility index (Phi) is 7.62. The molecule has 0 spiro atoms. The summed E-state index contributed by atoms with van der Waals surface area (Å²) in [5, 5.41) is 0. The van der Waals surface area contributed by atoms with Crippen molar-refractivity contribution in [2.75, 3.05) is 0 Å². The van der Waals surface area contributed by atoms with Gasteiger partial charge in [-0.1, -0.05) is 0 Å². The summed E-state index contributed by atoms with van der Waals surface area (Å²) in [6, 6.07) is 0. The molecule has 0 aromatic rings. The molecule has 9 heteroatoms. The highest BCUT2D eigenvalue weighted by molar-refractivity contribution is 6.87. The van der Waals surface area contributed by atoms with Crippen LogP contribution in [0.5, 0.6) is 0 Å². The normalized spacial score (nSPS) is 14.5.